The number of halogens is 3. The van der Waals surface area contributed by atoms with Crippen molar-refractivity contribution < 1.29 is 18.3 Å². The third-order valence-electron chi connectivity index (χ3n) is 0.683. The van der Waals surface area contributed by atoms with E-state index >= 15 is 0 Å². The molecule has 0 aliphatic carbocycles. The highest BCUT2D eigenvalue weighted by atomic mass is 19.2. The predicted molar refractivity (Wildman–Crippen MR) is 22.6 cm³/mol. The van der Waals surface area contributed by atoms with Crippen molar-refractivity contribution in [3.8, 4) is 0 Å². The van der Waals surface area contributed by atoms with Crippen molar-refractivity contribution in [2.24, 2.45) is 0 Å². The second-order valence-corrected chi connectivity index (χ2v) is 1.37. The quantitative estimate of drug-likeness (QED) is 0.600. The van der Waals surface area contributed by atoms with Crippen LogP contribution in [0.15, 0.2) is 0 Å². The zero-order valence-electron chi connectivity index (χ0n) is 4.15. The van der Waals surface area contributed by atoms with Crippen LogP contribution in [0.25, 0.3) is 0 Å². The third-order valence-corrected chi connectivity index (χ3v) is 0.683. The summed E-state index contributed by atoms with van der Waals surface area (Å²) in [6.07, 6.45) is -5.18. The van der Waals surface area contributed by atoms with E-state index in [0.29, 0.717) is 0 Å². The summed E-state index contributed by atoms with van der Waals surface area (Å²) in [4.78, 5) is 0. The van der Waals surface area contributed by atoms with Crippen molar-refractivity contribution in [3.63, 3.8) is 0 Å². The minimum absolute atomic E-state index is 0.572. The molecule has 2 atom stereocenters. The molecule has 50 valence electrons. The van der Waals surface area contributed by atoms with Gasteiger partial charge in [0.25, 0.3) is 0 Å². The van der Waals surface area contributed by atoms with Gasteiger partial charge >= 0.3 is 0 Å². The molecule has 0 aromatic carbocycles. The van der Waals surface area contributed by atoms with E-state index in [1.54, 1.807) is 0 Å². The van der Waals surface area contributed by atoms with Gasteiger partial charge in [-0.1, -0.05) is 0 Å². The molecule has 0 heterocycles. The summed E-state index contributed by atoms with van der Waals surface area (Å²) in [5, 5.41) is 7.74. The third kappa shape index (κ3) is 2.85. The lowest BCUT2D eigenvalue weighted by atomic mass is 10.3. The fraction of sp³-hybridized carbons (Fsp3) is 1.00. The average Bonchev–Trinajstić information content (AvgIpc) is 1.67. The lowest BCUT2D eigenvalue weighted by Gasteiger charge is -2.03. The zero-order valence-corrected chi connectivity index (χ0v) is 4.15. The van der Waals surface area contributed by atoms with Gasteiger partial charge in [0.05, 0.1) is 6.67 Å². The molecule has 0 aliphatic rings. The Balaban J connectivity index is 3.17. The normalized spacial score (nSPS) is 18.0. The summed E-state index contributed by atoms with van der Waals surface area (Å²) >= 11 is 0. The van der Waals surface area contributed by atoms with Crippen LogP contribution in [0.2, 0.25) is 0 Å². The Hall–Kier alpha value is -0.250. The molecule has 0 saturated heterocycles. The Labute approximate surface area is 45.1 Å². The summed E-state index contributed by atoms with van der Waals surface area (Å²) < 4.78 is 34.0. The summed E-state index contributed by atoms with van der Waals surface area (Å²) in [7, 11) is 0. The Kier molecular flexibility index (Phi) is 3.60. The van der Waals surface area contributed by atoms with Crippen LogP contribution >= 0.6 is 0 Å². The maximum absolute atomic E-state index is 11.7. The largest absolute Gasteiger partial charge is 0.362 e. The SMILES string of the molecule is OC(F)C(F)CCF. The van der Waals surface area contributed by atoms with E-state index in [2.05, 4.69) is 0 Å². The van der Waals surface area contributed by atoms with E-state index in [-0.39, 0.29) is 0 Å². The summed E-state index contributed by atoms with van der Waals surface area (Å²) in [6.45, 7) is -0.942. The lowest BCUT2D eigenvalue weighted by molar-refractivity contribution is -0.0318. The molecule has 0 radical (unpaired) electrons. The number of alkyl halides is 3. The van der Waals surface area contributed by atoms with Crippen LogP contribution in [-0.4, -0.2) is 24.3 Å². The molecule has 0 amide bonds. The van der Waals surface area contributed by atoms with Crippen LogP contribution in [0.4, 0.5) is 13.2 Å². The van der Waals surface area contributed by atoms with Crippen LogP contribution in [0.1, 0.15) is 6.42 Å². The average molecular weight is 128 g/mol. The van der Waals surface area contributed by atoms with Gasteiger partial charge in [-0.2, -0.15) is 0 Å². The van der Waals surface area contributed by atoms with Crippen molar-refractivity contribution in [1.29, 1.82) is 0 Å². The van der Waals surface area contributed by atoms with Crippen LogP contribution < -0.4 is 0 Å². The molecular formula is C4H7F3O. The van der Waals surface area contributed by atoms with Crippen molar-refractivity contribution in [2.45, 2.75) is 19.0 Å². The second-order valence-electron chi connectivity index (χ2n) is 1.37. The van der Waals surface area contributed by atoms with Gasteiger partial charge in [0.2, 0.25) is 6.36 Å². The van der Waals surface area contributed by atoms with Gasteiger partial charge in [0.1, 0.15) is 0 Å². The van der Waals surface area contributed by atoms with E-state index in [1.165, 1.54) is 0 Å². The van der Waals surface area contributed by atoms with Crippen LogP contribution in [0.5, 0.6) is 0 Å². The Bertz CT molecular complexity index is 57.2. The first-order valence-corrected chi connectivity index (χ1v) is 2.20. The van der Waals surface area contributed by atoms with Gasteiger partial charge in [-0.25, -0.2) is 8.78 Å². The summed E-state index contributed by atoms with van der Waals surface area (Å²) in [5.41, 5.74) is 0. The van der Waals surface area contributed by atoms with Gasteiger partial charge in [-0.15, -0.1) is 0 Å². The number of hydrogen-bond donors (Lipinski definition) is 1. The number of aliphatic hydroxyl groups is 1. The van der Waals surface area contributed by atoms with Gasteiger partial charge < -0.3 is 5.11 Å². The molecule has 0 fully saturated rings. The molecule has 0 rings (SSSR count). The van der Waals surface area contributed by atoms with Crippen molar-refractivity contribution in [2.75, 3.05) is 6.67 Å². The Morgan fingerprint density at radius 3 is 2.00 bits per heavy atom. The van der Waals surface area contributed by atoms with E-state index in [1.807, 2.05) is 0 Å². The molecular weight excluding hydrogens is 121 g/mol. The molecule has 0 aromatic rings. The highest BCUT2D eigenvalue weighted by molar-refractivity contribution is 4.55. The first kappa shape index (κ1) is 7.75. The van der Waals surface area contributed by atoms with Crippen LogP contribution in [-0.2, 0) is 0 Å². The van der Waals surface area contributed by atoms with Crippen LogP contribution in [0.3, 0.4) is 0 Å². The molecule has 0 aromatic heterocycles. The maximum Gasteiger partial charge on any atom is 0.228 e. The number of aliphatic hydroxyl groups excluding tert-OH is 1. The topological polar surface area (TPSA) is 20.2 Å². The first-order chi connectivity index (χ1) is 3.68. The maximum atomic E-state index is 11.7. The van der Waals surface area contributed by atoms with E-state index in [4.69, 9.17) is 5.11 Å². The van der Waals surface area contributed by atoms with Crippen molar-refractivity contribution >= 4 is 0 Å². The summed E-state index contributed by atoms with van der Waals surface area (Å²) in [5.74, 6) is 0. The minimum atomic E-state index is -2.54. The molecule has 0 aliphatic heterocycles. The molecule has 2 unspecified atom stereocenters. The van der Waals surface area contributed by atoms with Gasteiger partial charge in [-0.05, 0) is 0 Å². The lowest BCUT2D eigenvalue weighted by Crippen LogP contribution is -2.16. The Morgan fingerprint density at radius 2 is 1.88 bits per heavy atom. The molecule has 4 heteroatoms. The fourth-order valence-electron chi connectivity index (χ4n) is 0.242. The molecule has 0 bridgehead atoms. The highest BCUT2D eigenvalue weighted by Gasteiger charge is 2.15. The highest BCUT2D eigenvalue weighted by Crippen LogP contribution is 2.04. The predicted octanol–water partition coefficient (Wildman–Crippen LogP) is 0.972. The number of hydrogen-bond acceptors (Lipinski definition) is 1. The van der Waals surface area contributed by atoms with Gasteiger partial charge in [0.15, 0.2) is 6.17 Å². The first-order valence-electron chi connectivity index (χ1n) is 2.20. The van der Waals surface area contributed by atoms with Crippen molar-refractivity contribution in [1.82, 2.24) is 0 Å². The second kappa shape index (κ2) is 3.72. The standard InChI is InChI=1S/C4H7F3O/c5-2-1-3(6)4(7)8/h3-4,8H,1-2H2. The zero-order chi connectivity index (χ0) is 6.57. The van der Waals surface area contributed by atoms with E-state index in [9.17, 15) is 13.2 Å². The van der Waals surface area contributed by atoms with Gasteiger partial charge in [0, 0.05) is 6.42 Å². The summed E-state index contributed by atoms with van der Waals surface area (Å²) in [6, 6.07) is 0. The molecule has 0 saturated carbocycles. The van der Waals surface area contributed by atoms with Crippen LogP contribution in [0, 0.1) is 0 Å². The molecule has 1 nitrogen and oxygen atoms in total. The Morgan fingerprint density at radius 1 is 1.38 bits per heavy atom. The molecule has 0 spiro atoms. The minimum Gasteiger partial charge on any atom is -0.362 e. The van der Waals surface area contributed by atoms with Crippen molar-refractivity contribution in [3.05, 3.63) is 0 Å². The molecule has 8 heavy (non-hydrogen) atoms. The number of rotatable bonds is 3. The smallest absolute Gasteiger partial charge is 0.228 e. The van der Waals surface area contributed by atoms with E-state index in [0.717, 1.165) is 0 Å². The monoisotopic (exact) mass is 128 g/mol. The molecule has 1 N–H and O–H groups in total. The van der Waals surface area contributed by atoms with E-state index < -0.39 is 25.6 Å². The van der Waals surface area contributed by atoms with Gasteiger partial charge in [-0.3, -0.25) is 4.39 Å². The fourth-order valence-corrected chi connectivity index (χ4v) is 0.242.